The molecule has 0 spiro atoms. The lowest BCUT2D eigenvalue weighted by Crippen LogP contribution is -2.11. The second-order valence-electron chi connectivity index (χ2n) is 5.45. The Morgan fingerprint density at radius 3 is 2.86 bits per heavy atom. The van der Waals surface area contributed by atoms with E-state index in [0.29, 0.717) is 0 Å². The molecule has 0 aliphatic heterocycles. The van der Waals surface area contributed by atoms with E-state index >= 15 is 0 Å². The molecule has 1 unspecified atom stereocenters. The van der Waals surface area contributed by atoms with Crippen LogP contribution in [0.3, 0.4) is 0 Å². The summed E-state index contributed by atoms with van der Waals surface area (Å²) in [5, 5.41) is 12.4. The molecule has 2 aromatic rings. The predicted octanol–water partition coefficient (Wildman–Crippen LogP) is 4.58. The molecule has 2 nitrogen and oxygen atoms in total. The van der Waals surface area contributed by atoms with Gasteiger partial charge in [0, 0.05) is 5.69 Å². The highest BCUT2D eigenvalue weighted by molar-refractivity contribution is 5.52. The van der Waals surface area contributed by atoms with Gasteiger partial charge in [0.2, 0.25) is 0 Å². The van der Waals surface area contributed by atoms with Crippen LogP contribution in [0.4, 0.5) is 10.1 Å². The normalized spacial score (nSPS) is 17.4. The van der Waals surface area contributed by atoms with Crippen molar-refractivity contribution >= 4 is 5.69 Å². The van der Waals surface area contributed by atoms with Gasteiger partial charge in [0.05, 0.1) is 11.6 Å². The molecule has 0 aromatic heterocycles. The van der Waals surface area contributed by atoms with Gasteiger partial charge in [-0.2, -0.15) is 5.26 Å². The van der Waals surface area contributed by atoms with Gasteiger partial charge in [-0.05, 0) is 48.6 Å². The number of aryl methyl sites for hydroxylation is 1. The molecular weight excluding hydrogens is 263 g/mol. The van der Waals surface area contributed by atoms with Crippen LogP contribution >= 0.6 is 0 Å². The van der Waals surface area contributed by atoms with E-state index in [-0.39, 0.29) is 11.6 Å². The number of rotatable bonds is 2. The molecule has 1 aliphatic carbocycles. The molecule has 0 radical (unpaired) electrons. The van der Waals surface area contributed by atoms with Gasteiger partial charge in [0.25, 0.3) is 0 Å². The highest BCUT2D eigenvalue weighted by Crippen LogP contribution is 2.31. The van der Waals surface area contributed by atoms with Crippen molar-refractivity contribution in [1.82, 2.24) is 0 Å². The van der Waals surface area contributed by atoms with E-state index in [1.165, 1.54) is 30.0 Å². The maximum Gasteiger partial charge on any atom is 0.141 e. The topological polar surface area (TPSA) is 35.8 Å². The minimum absolute atomic E-state index is 0.0851. The van der Waals surface area contributed by atoms with Gasteiger partial charge in [-0.15, -0.1) is 0 Å². The SMILES string of the molecule is N#Cc1cc(NC2CCCCc3ccccc32)ccc1F. The molecule has 106 valence electrons. The van der Waals surface area contributed by atoms with E-state index in [1.54, 1.807) is 12.1 Å². The van der Waals surface area contributed by atoms with E-state index in [0.717, 1.165) is 18.5 Å². The smallest absolute Gasteiger partial charge is 0.141 e. The minimum Gasteiger partial charge on any atom is -0.378 e. The Hall–Kier alpha value is -2.34. The fourth-order valence-corrected chi connectivity index (χ4v) is 2.97. The van der Waals surface area contributed by atoms with Crippen LogP contribution in [0.25, 0.3) is 0 Å². The molecule has 0 bridgehead atoms. The second kappa shape index (κ2) is 5.97. The fourth-order valence-electron chi connectivity index (χ4n) is 2.97. The first-order valence-electron chi connectivity index (χ1n) is 7.32. The zero-order chi connectivity index (χ0) is 14.7. The van der Waals surface area contributed by atoms with Crippen molar-refractivity contribution in [3.05, 3.63) is 65.0 Å². The Labute approximate surface area is 124 Å². The zero-order valence-electron chi connectivity index (χ0n) is 11.8. The number of nitriles is 1. The number of halogens is 1. The first-order chi connectivity index (χ1) is 10.3. The largest absolute Gasteiger partial charge is 0.378 e. The monoisotopic (exact) mass is 280 g/mol. The van der Waals surface area contributed by atoms with Crippen molar-refractivity contribution in [2.24, 2.45) is 0 Å². The lowest BCUT2D eigenvalue weighted by Gasteiger charge is -2.20. The molecule has 1 atom stereocenters. The van der Waals surface area contributed by atoms with Gasteiger partial charge < -0.3 is 5.32 Å². The molecule has 2 aromatic carbocycles. The summed E-state index contributed by atoms with van der Waals surface area (Å²) in [6, 6.07) is 15.2. The van der Waals surface area contributed by atoms with Crippen LogP contribution in [0.2, 0.25) is 0 Å². The molecule has 21 heavy (non-hydrogen) atoms. The molecule has 0 amide bonds. The molecule has 0 fully saturated rings. The summed E-state index contributed by atoms with van der Waals surface area (Å²) < 4.78 is 13.4. The Morgan fingerprint density at radius 1 is 1.14 bits per heavy atom. The van der Waals surface area contributed by atoms with Gasteiger partial charge in [-0.25, -0.2) is 4.39 Å². The Kier molecular flexibility index (Phi) is 3.87. The molecule has 3 rings (SSSR count). The van der Waals surface area contributed by atoms with Crippen molar-refractivity contribution in [3.8, 4) is 6.07 Å². The van der Waals surface area contributed by atoms with Crippen molar-refractivity contribution < 1.29 is 4.39 Å². The van der Waals surface area contributed by atoms with Crippen molar-refractivity contribution in [2.75, 3.05) is 5.32 Å². The minimum atomic E-state index is -0.468. The third-order valence-electron chi connectivity index (χ3n) is 4.05. The van der Waals surface area contributed by atoms with Gasteiger partial charge >= 0.3 is 0 Å². The summed E-state index contributed by atoms with van der Waals surface area (Å²) in [5.41, 5.74) is 3.59. The second-order valence-corrected chi connectivity index (χ2v) is 5.45. The number of nitrogens with zero attached hydrogens (tertiary/aromatic N) is 1. The van der Waals surface area contributed by atoms with Crippen LogP contribution in [0.5, 0.6) is 0 Å². The Balaban J connectivity index is 1.89. The fraction of sp³-hybridized carbons (Fsp3) is 0.278. The highest BCUT2D eigenvalue weighted by Gasteiger charge is 2.18. The van der Waals surface area contributed by atoms with E-state index < -0.39 is 5.82 Å². The van der Waals surface area contributed by atoms with E-state index in [1.807, 2.05) is 6.07 Å². The quantitative estimate of drug-likeness (QED) is 0.817. The summed E-state index contributed by atoms with van der Waals surface area (Å²) >= 11 is 0. The van der Waals surface area contributed by atoms with Gasteiger partial charge in [0.15, 0.2) is 0 Å². The third kappa shape index (κ3) is 2.90. The van der Waals surface area contributed by atoms with Crippen LogP contribution in [0.15, 0.2) is 42.5 Å². The zero-order valence-corrected chi connectivity index (χ0v) is 11.8. The van der Waals surface area contributed by atoms with Crippen molar-refractivity contribution in [1.29, 1.82) is 5.26 Å². The first-order valence-corrected chi connectivity index (χ1v) is 7.32. The number of hydrogen-bond donors (Lipinski definition) is 1. The summed E-state index contributed by atoms with van der Waals surface area (Å²) in [7, 11) is 0. The van der Waals surface area contributed by atoms with Crippen molar-refractivity contribution in [2.45, 2.75) is 31.7 Å². The number of nitrogens with one attached hydrogen (secondary N) is 1. The first kappa shape index (κ1) is 13.6. The van der Waals surface area contributed by atoms with Crippen LogP contribution < -0.4 is 5.32 Å². The molecule has 0 saturated carbocycles. The summed E-state index contributed by atoms with van der Waals surface area (Å²) in [5.74, 6) is -0.468. The van der Waals surface area contributed by atoms with Crippen LogP contribution in [-0.2, 0) is 6.42 Å². The van der Waals surface area contributed by atoms with E-state index in [9.17, 15) is 4.39 Å². The summed E-state index contributed by atoms with van der Waals surface area (Å²) in [4.78, 5) is 0. The van der Waals surface area contributed by atoms with Gasteiger partial charge in [-0.3, -0.25) is 0 Å². The van der Waals surface area contributed by atoms with E-state index in [2.05, 4.69) is 29.6 Å². The Bertz CT molecular complexity index is 688. The molecule has 1 aliphatic rings. The average molecular weight is 280 g/mol. The maximum atomic E-state index is 13.4. The molecule has 1 N–H and O–H groups in total. The molecule has 0 saturated heterocycles. The Morgan fingerprint density at radius 2 is 2.00 bits per heavy atom. The predicted molar refractivity (Wildman–Crippen MR) is 81.5 cm³/mol. The highest BCUT2D eigenvalue weighted by atomic mass is 19.1. The van der Waals surface area contributed by atoms with Crippen LogP contribution in [0, 0.1) is 17.1 Å². The molecule has 0 heterocycles. The number of benzene rings is 2. The number of hydrogen-bond acceptors (Lipinski definition) is 2. The van der Waals surface area contributed by atoms with Gasteiger partial charge in [-0.1, -0.05) is 30.7 Å². The number of anilines is 1. The van der Waals surface area contributed by atoms with Crippen LogP contribution in [-0.4, -0.2) is 0 Å². The molecule has 3 heteroatoms. The third-order valence-corrected chi connectivity index (χ3v) is 4.05. The summed E-state index contributed by atoms with van der Waals surface area (Å²) in [6.07, 6.45) is 4.53. The summed E-state index contributed by atoms with van der Waals surface area (Å²) in [6.45, 7) is 0. The van der Waals surface area contributed by atoms with E-state index in [4.69, 9.17) is 5.26 Å². The maximum absolute atomic E-state index is 13.4. The van der Waals surface area contributed by atoms with Gasteiger partial charge in [0.1, 0.15) is 11.9 Å². The number of fused-ring (bicyclic) bond motifs is 1. The molecular formula is C18H17FN2. The average Bonchev–Trinajstić information content (AvgIpc) is 2.72. The lowest BCUT2D eigenvalue weighted by molar-refractivity contribution is 0.622. The lowest BCUT2D eigenvalue weighted by atomic mass is 9.99. The van der Waals surface area contributed by atoms with Crippen molar-refractivity contribution in [3.63, 3.8) is 0 Å². The van der Waals surface area contributed by atoms with Crippen LogP contribution in [0.1, 0.15) is 42.0 Å². The standard InChI is InChI=1S/C18H17FN2/c19-17-10-9-15(11-14(17)12-20)21-18-8-4-2-6-13-5-1-3-7-16(13)18/h1,3,5,7,9-11,18,21H,2,4,6,8H2.